The Morgan fingerprint density at radius 3 is 2.65 bits per heavy atom. The zero-order chi connectivity index (χ0) is 15.2. The molecular weight excluding hydrogens is 248 g/mol. The maximum atomic E-state index is 12.0. The number of nitrogens with two attached hydrogens (primary N) is 1. The molecule has 0 spiro atoms. The maximum absolute atomic E-state index is 12.0. The van der Waals surface area contributed by atoms with E-state index in [0.717, 1.165) is 18.4 Å². The van der Waals surface area contributed by atoms with Gasteiger partial charge < -0.3 is 11.1 Å². The van der Waals surface area contributed by atoms with Crippen molar-refractivity contribution < 1.29 is 4.79 Å². The minimum absolute atomic E-state index is 0.0556. The molecule has 20 heavy (non-hydrogen) atoms. The number of benzene rings is 1. The molecule has 0 aliphatic rings. The summed E-state index contributed by atoms with van der Waals surface area (Å²) in [6, 6.07) is 8.31. The van der Waals surface area contributed by atoms with E-state index in [0.29, 0.717) is 13.0 Å². The van der Waals surface area contributed by atoms with Crippen molar-refractivity contribution in [2.24, 2.45) is 11.1 Å². The van der Waals surface area contributed by atoms with Gasteiger partial charge in [-0.1, -0.05) is 43.7 Å². The van der Waals surface area contributed by atoms with Crippen LogP contribution in [0.3, 0.4) is 0 Å². The van der Waals surface area contributed by atoms with Crippen LogP contribution < -0.4 is 11.1 Å². The molecule has 3 N–H and O–H groups in total. The third-order valence-corrected chi connectivity index (χ3v) is 3.77. The molecule has 3 nitrogen and oxygen atoms in total. The minimum Gasteiger partial charge on any atom is -0.350 e. The Labute approximate surface area is 122 Å². The second-order valence-corrected chi connectivity index (χ2v) is 6.41. The summed E-state index contributed by atoms with van der Waals surface area (Å²) in [5.41, 5.74) is 8.10. The minimum atomic E-state index is 0.0556. The summed E-state index contributed by atoms with van der Waals surface area (Å²) in [6.45, 7) is 9.09. The van der Waals surface area contributed by atoms with E-state index in [1.54, 1.807) is 0 Å². The third kappa shape index (κ3) is 5.74. The summed E-state index contributed by atoms with van der Waals surface area (Å²) in [5, 5.41) is 3.07. The van der Waals surface area contributed by atoms with Gasteiger partial charge in [0.15, 0.2) is 0 Å². The lowest BCUT2D eigenvalue weighted by atomic mass is 9.84. The molecule has 1 amide bonds. The maximum Gasteiger partial charge on any atom is 0.220 e. The second kappa shape index (κ2) is 7.44. The molecule has 0 radical (unpaired) electrons. The fourth-order valence-corrected chi connectivity index (χ4v) is 2.30. The smallest absolute Gasteiger partial charge is 0.220 e. The van der Waals surface area contributed by atoms with Crippen molar-refractivity contribution in [3.63, 3.8) is 0 Å². The van der Waals surface area contributed by atoms with Gasteiger partial charge in [-0.3, -0.25) is 4.79 Å². The van der Waals surface area contributed by atoms with Gasteiger partial charge in [-0.15, -0.1) is 0 Å². The predicted molar refractivity (Wildman–Crippen MR) is 84.4 cm³/mol. The van der Waals surface area contributed by atoms with E-state index in [4.69, 9.17) is 5.73 Å². The molecule has 1 atom stereocenters. The number of aryl methyl sites for hydroxylation is 1. The lowest BCUT2D eigenvalue weighted by molar-refractivity contribution is -0.122. The summed E-state index contributed by atoms with van der Waals surface area (Å²) in [6.07, 6.45) is 2.38. The molecule has 112 valence electrons. The number of carbonyl (C=O) groups excluding carboxylic acids is 1. The molecule has 0 fully saturated rings. The van der Waals surface area contributed by atoms with Crippen LogP contribution in [0.4, 0.5) is 0 Å². The zero-order valence-corrected chi connectivity index (χ0v) is 13.2. The van der Waals surface area contributed by atoms with Gasteiger partial charge in [0.05, 0.1) is 6.04 Å². The molecular formula is C17H28N2O. The summed E-state index contributed by atoms with van der Waals surface area (Å²) in [4.78, 5) is 12.0. The summed E-state index contributed by atoms with van der Waals surface area (Å²) < 4.78 is 0. The van der Waals surface area contributed by atoms with Crippen LogP contribution >= 0.6 is 0 Å². The number of carbonyl (C=O) groups is 1. The molecule has 1 aromatic rings. The van der Waals surface area contributed by atoms with Crippen LogP contribution in [0.2, 0.25) is 0 Å². The van der Waals surface area contributed by atoms with E-state index in [1.807, 2.05) is 13.0 Å². The van der Waals surface area contributed by atoms with Gasteiger partial charge in [-0.05, 0) is 44.2 Å². The van der Waals surface area contributed by atoms with Gasteiger partial charge in [-0.2, -0.15) is 0 Å². The first-order valence-electron chi connectivity index (χ1n) is 7.40. The van der Waals surface area contributed by atoms with E-state index in [2.05, 4.69) is 44.3 Å². The lowest BCUT2D eigenvalue weighted by Crippen LogP contribution is -2.28. The molecule has 0 aliphatic carbocycles. The summed E-state index contributed by atoms with van der Waals surface area (Å²) >= 11 is 0. The molecule has 3 heteroatoms. The molecule has 0 unspecified atom stereocenters. The Morgan fingerprint density at radius 1 is 1.35 bits per heavy atom. The van der Waals surface area contributed by atoms with Gasteiger partial charge >= 0.3 is 0 Å². The topological polar surface area (TPSA) is 55.1 Å². The van der Waals surface area contributed by atoms with Crippen LogP contribution in [0.25, 0.3) is 0 Å². The fraction of sp³-hybridized carbons (Fsp3) is 0.588. The fourth-order valence-electron chi connectivity index (χ4n) is 2.30. The first-order chi connectivity index (χ1) is 9.34. The quantitative estimate of drug-likeness (QED) is 0.802. The molecule has 0 aromatic heterocycles. The van der Waals surface area contributed by atoms with E-state index in [1.165, 1.54) is 5.56 Å². The summed E-state index contributed by atoms with van der Waals surface area (Å²) in [7, 11) is 0. The molecule has 0 saturated heterocycles. The van der Waals surface area contributed by atoms with E-state index in [-0.39, 0.29) is 17.4 Å². The van der Waals surface area contributed by atoms with Gasteiger partial charge in [0.25, 0.3) is 0 Å². The average molecular weight is 276 g/mol. The van der Waals surface area contributed by atoms with Crippen molar-refractivity contribution in [1.82, 2.24) is 5.32 Å². The highest BCUT2D eigenvalue weighted by Crippen LogP contribution is 2.26. The van der Waals surface area contributed by atoms with Crippen molar-refractivity contribution in [3.8, 4) is 0 Å². The van der Waals surface area contributed by atoms with Crippen LogP contribution in [0.1, 0.15) is 57.2 Å². The number of rotatable bonds is 7. The van der Waals surface area contributed by atoms with Crippen LogP contribution in [-0.4, -0.2) is 12.5 Å². The van der Waals surface area contributed by atoms with Crippen molar-refractivity contribution in [1.29, 1.82) is 0 Å². The van der Waals surface area contributed by atoms with Gasteiger partial charge in [0.2, 0.25) is 5.91 Å². The largest absolute Gasteiger partial charge is 0.350 e. The second-order valence-electron chi connectivity index (χ2n) is 6.41. The highest BCUT2D eigenvalue weighted by molar-refractivity contribution is 5.76. The van der Waals surface area contributed by atoms with Gasteiger partial charge in [0.1, 0.15) is 0 Å². The highest BCUT2D eigenvalue weighted by Gasteiger charge is 2.19. The van der Waals surface area contributed by atoms with Crippen molar-refractivity contribution in [2.45, 2.75) is 53.0 Å². The van der Waals surface area contributed by atoms with Crippen molar-refractivity contribution in [2.75, 3.05) is 6.54 Å². The van der Waals surface area contributed by atoms with Crippen molar-refractivity contribution in [3.05, 3.63) is 35.4 Å². The molecule has 0 bridgehead atoms. The number of nitrogens with one attached hydrogen (secondary N) is 1. The third-order valence-electron chi connectivity index (χ3n) is 3.77. The van der Waals surface area contributed by atoms with Crippen LogP contribution in [0, 0.1) is 12.3 Å². The molecule has 0 saturated carbocycles. The molecule has 1 aromatic carbocycles. The van der Waals surface area contributed by atoms with E-state index < -0.39 is 0 Å². The monoisotopic (exact) mass is 276 g/mol. The van der Waals surface area contributed by atoms with Crippen LogP contribution in [0.15, 0.2) is 24.3 Å². The standard InChI is InChI=1S/C17H28N2O/c1-13-6-5-7-15(12-13)14(2)19-16(20)8-9-17(3,4)10-11-18/h5-7,12,14H,8-11,18H2,1-4H3,(H,19,20)/t14-/m1/s1. The Morgan fingerprint density at radius 2 is 2.05 bits per heavy atom. The lowest BCUT2D eigenvalue weighted by Gasteiger charge is -2.24. The Bertz CT molecular complexity index is 440. The first-order valence-corrected chi connectivity index (χ1v) is 7.40. The zero-order valence-electron chi connectivity index (χ0n) is 13.2. The van der Waals surface area contributed by atoms with E-state index in [9.17, 15) is 4.79 Å². The van der Waals surface area contributed by atoms with Crippen LogP contribution in [-0.2, 0) is 4.79 Å². The summed E-state index contributed by atoms with van der Waals surface area (Å²) in [5.74, 6) is 0.115. The Kier molecular flexibility index (Phi) is 6.21. The SMILES string of the molecule is Cc1cccc([C@@H](C)NC(=O)CCC(C)(C)CCN)c1. The Balaban J connectivity index is 2.46. The normalized spacial score (nSPS) is 13.1. The van der Waals surface area contributed by atoms with Crippen molar-refractivity contribution >= 4 is 5.91 Å². The molecule has 0 heterocycles. The highest BCUT2D eigenvalue weighted by atomic mass is 16.1. The van der Waals surface area contributed by atoms with Gasteiger partial charge in [-0.25, -0.2) is 0 Å². The molecule has 1 rings (SSSR count). The Hall–Kier alpha value is -1.35. The predicted octanol–water partition coefficient (Wildman–Crippen LogP) is 3.33. The first kappa shape index (κ1) is 16.7. The van der Waals surface area contributed by atoms with E-state index >= 15 is 0 Å². The number of hydrogen-bond acceptors (Lipinski definition) is 2. The average Bonchev–Trinajstić information content (AvgIpc) is 2.36. The molecule has 0 aliphatic heterocycles. The van der Waals surface area contributed by atoms with Crippen LogP contribution in [0.5, 0.6) is 0 Å². The van der Waals surface area contributed by atoms with Gasteiger partial charge in [0, 0.05) is 6.42 Å². The number of hydrogen-bond donors (Lipinski definition) is 2. The number of amides is 1.